The topological polar surface area (TPSA) is 97.6 Å². The van der Waals surface area contributed by atoms with Gasteiger partial charge in [-0.15, -0.1) is 0 Å². The van der Waals surface area contributed by atoms with E-state index in [-0.39, 0.29) is 17.0 Å². The Kier molecular flexibility index (Phi) is 6.26. The Hall–Kier alpha value is -2.81. The number of hydrogen-bond acceptors (Lipinski definition) is 5. The van der Waals surface area contributed by atoms with E-state index >= 15 is 0 Å². The van der Waals surface area contributed by atoms with E-state index in [1.165, 1.54) is 37.6 Å². The van der Waals surface area contributed by atoms with E-state index in [0.717, 1.165) is 5.56 Å². The number of benzene rings is 2. The lowest BCUT2D eigenvalue weighted by Crippen LogP contribution is -2.23. The minimum absolute atomic E-state index is 0.00695. The standard InChI is InChI=1S/C20H19ClN2O5S/c1-13-9-18(19(27-2)11-17(13)21)23-20(24)14-5-3-7-16(10-14)29(25,26)22-12-15-6-4-8-28-15/h3-11,22H,12H2,1-2H3,(H,23,24). The molecule has 0 saturated heterocycles. The van der Waals surface area contributed by atoms with E-state index in [4.69, 9.17) is 20.8 Å². The van der Waals surface area contributed by atoms with Gasteiger partial charge in [-0.05, 0) is 48.9 Å². The fraction of sp³-hybridized carbons (Fsp3) is 0.150. The van der Waals surface area contributed by atoms with Crippen LogP contribution in [0.25, 0.3) is 0 Å². The number of carbonyl (C=O) groups is 1. The van der Waals surface area contributed by atoms with Crippen molar-refractivity contribution < 1.29 is 22.4 Å². The average Bonchev–Trinajstić information content (AvgIpc) is 3.23. The molecule has 0 saturated carbocycles. The second-order valence-electron chi connectivity index (χ2n) is 6.19. The molecule has 9 heteroatoms. The summed E-state index contributed by atoms with van der Waals surface area (Å²) in [5.41, 5.74) is 1.38. The van der Waals surface area contributed by atoms with Crippen LogP contribution >= 0.6 is 11.6 Å². The fourth-order valence-corrected chi connectivity index (χ4v) is 3.78. The van der Waals surface area contributed by atoms with Gasteiger partial charge >= 0.3 is 0 Å². The SMILES string of the molecule is COc1cc(Cl)c(C)cc1NC(=O)c1cccc(S(=O)(=O)NCc2ccco2)c1. The molecule has 1 heterocycles. The number of hydrogen-bond donors (Lipinski definition) is 2. The van der Waals surface area contributed by atoms with Crippen LogP contribution in [0.2, 0.25) is 5.02 Å². The minimum Gasteiger partial charge on any atom is -0.495 e. The van der Waals surface area contributed by atoms with Crippen molar-refractivity contribution >= 4 is 33.2 Å². The third-order valence-corrected chi connectivity index (χ3v) is 5.96. The first-order chi connectivity index (χ1) is 13.8. The summed E-state index contributed by atoms with van der Waals surface area (Å²) in [6.45, 7) is 1.81. The lowest BCUT2D eigenvalue weighted by atomic mass is 10.1. The molecule has 152 valence electrons. The number of anilines is 1. The minimum atomic E-state index is -3.82. The smallest absolute Gasteiger partial charge is 0.255 e. The Bertz CT molecular complexity index is 1130. The maximum absolute atomic E-state index is 12.7. The number of halogens is 1. The second-order valence-corrected chi connectivity index (χ2v) is 8.36. The molecule has 0 atom stereocenters. The summed E-state index contributed by atoms with van der Waals surface area (Å²) in [4.78, 5) is 12.6. The molecule has 7 nitrogen and oxygen atoms in total. The van der Waals surface area contributed by atoms with Crippen LogP contribution in [0.5, 0.6) is 5.75 Å². The predicted octanol–water partition coefficient (Wildman–Crippen LogP) is 3.98. The van der Waals surface area contributed by atoms with Gasteiger partial charge < -0.3 is 14.5 Å². The third kappa shape index (κ3) is 4.97. The van der Waals surface area contributed by atoms with Gasteiger partial charge in [-0.2, -0.15) is 0 Å². The van der Waals surface area contributed by atoms with Crippen LogP contribution in [0.15, 0.2) is 64.1 Å². The van der Waals surface area contributed by atoms with E-state index in [9.17, 15) is 13.2 Å². The molecule has 1 aromatic heterocycles. The molecule has 0 radical (unpaired) electrons. The van der Waals surface area contributed by atoms with Crippen molar-refractivity contribution in [3.05, 3.63) is 76.7 Å². The molecule has 0 aliphatic rings. The zero-order chi connectivity index (χ0) is 21.0. The first kappa shape index (κ1) is 20.9. The van der Waals surface area contributed by atoms with Crippen LogP contribution in [0.1, 0.15) is 21.7 Å². The van der Waals surface area contributed by atoms with Crippen LogP contribution in [0, 0.1) is 6.92 Å². The van der Waals surface area contributed by atoms with E-state index in [1.807, 2.05) is 0 Å². The van der Waals surface area contributed by atoms with E-state index in [1.54, 1.807) is 31.2 Å². The number of nitrogens with one attached hydrogen (secondary N) is 2. The predicted molar refractivity (Wildman–Crippen MR) is 110 cm³/mol. The van der Waals surface area contributed by atoms with Gasteiger partial charge in [0.05, 0.1) is 30.5 Å². The summed E-state index contributed by atoms with van der Waals surface area (Å²) in [5, 5.41) is 3.24. The van der Waals surface area contributed by atoms with Crippen molar-refractivity contribution in [2.75, 3.05) is 12.4 Å². The van der Waals surface area contributed by atoms with Crippen LogP contribution in [0.3, 0.4) is 0 Å². The van der Waals surface area contributed by atoms with Crippen molar-refractivity contribution in [2.45, 2.75) is 18.4 Å². The summed E-state index contributed by atoms with van der Waals surface area (Å²) >= 11 is 6.08. The maximum Gasteiger partial charge on any atom is 0.255 e. The van der Waals surface area contributed by atoms with Crippen molar-refractivity contribution in [1.29, 1.82) is 0 Å². The molecule has 0 bridgehead atoms. The Balaban J connectivity index is 1.80. The number of methoxy groups -OCH3 is 1. The van der Waals surface area contributed by atoms with E-state index in [2.05, 4.69) is 10.0 Å². The quantitative estimate of drug-likeness (QED) is 0.586. The molecular formula is C20H19ClN2O5S. The van der Waals surface area contributed by atoms with Crippen LogP contribution in [0.4, 0.5) is 5.69 Å². The molecule has 3 aromatic rings. The summed E-state index contributed by atoms with van der Waals surface area (Å²) in [7, 11) is -2.36. The highest BCUT2D eigenvalue weighted by Crippen LogP contribution is 2.31. The van der Waals surface area contributed by atoms with Gasteiger partial charge in [-0.3, -0.25) is 4.79 Å². The molecule has 3 rings (SSSR count). The fourth-order valence-electron chi connectivity index (χ4n) is 2.59. The Morgan fingerprint density at radius 1 is 1.17 bits per heavy atom. The first-order valence-corrected chi connectivity index (χ1v) is 10.4. The molecule has 2 aromatic carbocycles. The maximum atomic E-state index is 12.7. The zero-order valence-corrected chi connectivity index (χ0v) is 17.3. The summed E-state index contributed by atoms with van der Waals surface area (Å²) < 4.78 is 37.9. The first-order valence-electron chi connectivity index (χ1n) is 8.58. The van der Waals surface area contributed by atoms with Crippen molar-refractivity contribution in [3.8, 4) is 5.75 Å². The molecule has 0 aliphatic carbocycles. The molecule has 0 aliphatic heterocycles. The highest BCUT2D eigenvalue weighted by Gasteiger charge is 2.18. The summed E-state index contributed by atoms with van der Waals surface area (Å²) in [5.74, 6) is 0.402. The monoisotopic (exact) mass is 434 g/mol. The Morgan fingerprint density at radius 3 is 2.66 bits per heavy atom. The molecule has 0 unspecified atom stereocenters. The van der Waals surface area contributed by atoms with Crippen LogP contribution in [-0.4, -0.2) is 21.4 Å². The van der Waals surface area contributed by atoms with Crippen molar-refractivity contribution in [3.63, 3.8) is 0 Å². The highest BCUT2D eigenvalue weighted by atomic mass is 35.5. The molecule has 0 fully saturated rings. The van der Waals surface area contributed by atoms with Crippen molar-refractivity contribution in [2.24, 2.45) is 0 Å². The van der Waals surface area contributed by atoms with Gasteiger partial charge in [-0.1, -0.05) is 17.7 Å². The number of ether oxygens (including phenoxy) is 1. The number of sulfonamides is 1. The lowest BCUT2D eigenvalue weighted by molar-refractivity contribution is 0.102. The van der Waals surface area contributed by atoms with Gasteiger partial charge in [0.1, 0.15) is 11.5 Å². The van der Waals surface area contributed by atoms with Crippen LogP contribution < -0.4 is 14.8 Å². The number of furan rings is 1. The molecule has 2 N–H and O–H groups in total. The molecule has 1 amide bonds. The van der Waals surface area contributed by atoms with Crippen LogP contribution in [-0.2, 0) is 16.6 Å². The Labute approximate surface area is 173 Å². The van der Waals surface area contributed by atoms with Gasteiger partial charge in [0.15, 0.2) is 0 Å². The Morgan fingerprint density at radius 2 is 1.97 bits per heavy atom. The highest BCUT2D eigenvalue weighted by molar-refractivity contribution is 7.89. The average molecular weight is 435 g/mol. The van der Waals surface area contributed by atoms with E-state index < -0.39 is 15.9 Å². The summed E-state index contributed by atoms with van der Waals surface area (Å²) in [6.07, 6.45) is 1.46. The lowest BCUT2D eigenvalue weighted by Gasteiger charge is -2.13. The van der Waals surface area contributed by atoms with Gasteiger partial charge in [0.2, 0.25) is 10.0 Å². The molecule has 0 spiro atoms. The third-order valence-electron chi connectivity index (χ3n) is 4.15. The normalized spacial score (nSPS) is 11.3. The van der Waals surface area contributed by atoms with Gasteiger partial charge in [-0.25, -0.2) is 13.1 Å². The van der Waals surface area contributed by atoms with E-state index in [0.29, 0.717) is 22.2 Å². The van der Waals surface area contributed by atoms with Crippen molar-refractivity contribution in [1.82, 2.24) is 4.72 Å². The number of aryl methyl sites for hydroxylation is 1. The number of rotatable bonds is 7. The number of carbonyl (C=O) groups excluding carboxylic acids is 1. The summed E-state index contributed by atoms with van der Waals surface area (Å²) in [6, 6.07) is 12.4. The second kappa shape index (κ2) is 8.69. The zero-order valence-electron chi connectivity index (χ0n) is 15.7. The molecule has 29 heavy (non-hydrogen) atoms. The van der Waals surface area contributed by atoms with Gasteiger partial charge in [0.25, 0.3) is 5.91 Å². The van der Waals surface area contributed by atoms with Gasteiger partial charge in [0, 0.05) is 16.7 Å². The molecular weight excluding hydrogens is 416 g/mol. The largest absolute Gasteiger partial charge is 0.495 e. The number of amides is 1.